The van der Waals surface area contributed by atoms with Gasteiger partial charge in [0, 0.05) is 51.9 Å². The average molecular weight is 797 g/mol. The quantitative estimate of drug-likeness (QED) is 0.152. The maximum Gasteiger partial charge on any atom is 0.419 e. The Balaban J connectivity index is 0.000000185. The summed E-state index contributed by atoms with van der Waals surface area (Å²) in [4.78, 5) is 42.9. The number of nitrogens with one attached hydrogen (secondary N) is 1. The van der Waals surface area contributed by atoms with Crippen molar-refractivity contribution in [2.45, 2.75) is 57.2 Å². The van der Waals surface area contributed by atoms with Crippen molar-refractivity contribution in [2.75, 3.05) is 41.7 Å². The number of alkyl halides is 6. The number of benzene rings is 2. The second-order valence-corrected chi connectivity index (χ2v) is 14.4. The van der Waals surface area contributed by atoms with Crippen LogP contribution in [0.1, 0.15) is 52.3 Å². The smallest absolute Gasteiger partial charge is 0.419 e. The molecule has 2 aliphatic rings. The van der Waals surface area contributed by atoms with Crippen molar-refractivity contribution in [3.8, 4) is 11.5 Å². The Morgan fingerprint density at radius 1 is 0.778 bits per heavy atom. The molecule has 5 heterocycles. The summed E-state index contributed by atoms with van der Waals surface area (Å²) in [6.07, 6.45) is -7.37. The highest BCUT2D eigenvalue weighted by atomic mass is 32.1. The SMILES string of the molecule is Cc1nc2nc(N3CCC(Oc4ccccc4C(F)(F)F)CC3)sc2c(=O)[nH]1.NC(=O)c1sc(N2CCC(Oc3ccccc3C(F)(F)F)CC2)nc1N. The molecule has 0 unspecified atom stereocenters. The van der Waals surface area contributed by atoms with E-state index in [1.165, 1.54) is 47.7 Å². The Hall–Kier alpha value is -5.11. The molecule has 0 bridgehead atoms. The third-order valence-corrected chi connectivity index (χ3v) is 10.9. The Labute approximate surface area is 311 Å². The second kappa shape index (κ2) is 15.7. The van der Waals surface area contributed by atoms with Crippen molar-refractivity contribution in [1.82, 2.24) is 19.9 Å². The Bertz CT molecular complexity index is 2160. The van der Waals surface area contributed by atoms with Crippen molar-refractivity contribution < 1.29 is 40.6 Å². The number of hydrogen-bond acceptors (Lipinski definition) is 12. The van der Waals surface area contributed by atoms with E-state index in [1.54, 1.807) is 6.92 Å². The van der Waals surface area contributed by atoms with Crippen LogP contribution in [0.4, 0.5) is 42.4 Å². The van der Waals surface area contributed by atoms with Gasteiger partial charge < -0.3 is 35.7 Å². The van der Waals surface area contributed by atoms with E-state index < -0.39 is 29.4 Å². The first-order valence-corrected chi connectivity index (χ1v) is 18.3. The number of aryl methyl sites for hydroxylation is 1. The van der Waals surface area contributed by atoms with Gasteiger partial charge in [-0.15, -0.1) is 0 Å². The summed E-state index contributed by atoms with van der Waals surface area (Å²) in [5, 5.41) is 1.26. The first kappa shape index (κ1) is 38.6. The molecule has 0 saturated carbocycles. The Morgan fingerprint density at radius 2 is 1.24 bits per heavy atom. The van der Waals surface area contributed by atoms with Gasteiger partial charge in [0.05, 0.1) is 11.1 Å². The zero-order valence-electron chi connectivity index (χ0n) is 28.5. The van der Waals surface area contributed by atoms with Crippen molar-refractivity contribution in [3.63, 3.8) is 0 Å². The number of nitrogens with two attached hydrogens (primary N) is 2. The van der Waals surface area contributed by atoms with Crippen LogP contribution in [0.3, 0.4) is 0 Å². The molecule has 2 aliphatic heterocycles. The number of halogens is 6. The zero-order valence-corrected chi connectivity index (χ0v) is 30.2. The molecule has 0 radical (unpaired) electrons. The number of carbonyl (C=O) groups is 1. The average Bonchev–Trinajstić information content (AvgIpc) is 3.73. The van der Waals surface area contributed by atoms with Crippen molar-refractivity contribution in [2.24, 2.45) is 5.73 Å². The van der Waals surface area contributed by atoms with Crippen LogP contribution >= 0.6 is 22.7 Å². The first-order chi connectivity index (χ1) is 25.6. The van der Waals surface area contributed by atoms with Gasteiger partial charge in [0.25, 0.3) is 11.5 Å². The van der Waals surface area contributed by atoms with Gasteiger partial charge in [-0.2, -0.15) is 31.3 Å². The van der Waals surface area contributed by atoms with Crippen molar-refractivity contribution >= 4 is 55.0 Å². The van der Waals surface area contributed by atoms with Gasteiger partial charge >= 0.3 is 12.4 Å². The van der Waals surface area contributed by atoms with Gasteiger partial charge in [-0.25, -0.2) is 9.97 Å². The van der Waals surface area contributed by atoms with Crippen LogP contribution in [-0.4, -0.2) is 64.2 Å². The van der Waals surface area contributed by atoms with Gasteiger partial charge in [-0.1, -0.05) is 46.9 Å². The summed E-state index contributed by atoms with van der Waals surface area (Å²) in [6, 6.07) is 10.5. The summed E-state index contributed by atoms with van der Waals surface area (Å²) in [7, 11) is 0. The number of ether oxygens (including phenoxy) is 2. The number of carbonyl (C=O) groups excluding carboxylic acids is 1. The molecule has 0 atom stereocenters. The van der Waals surface area contributed by atoms with Crippen LogP contribution in [0.15, 0.2) is 53.3 Å². The molecule has 0 aliphatic carbocycles. The fourth-order valence-electron chi connectivity index (χ4n) is 6.00. The summed E-state index contributed by atoms with van der Waals surface area (Å²) >= 11 is 2.38. The van der Waals surface area contributed by atoms with Gasteiger partial charge in [0.15, 0.2) is 15.9 Å². The van der Waals surface area contributed by atoms with Gasteiger partial charge in [-0.3, -0.25) is 9.59 Å². The molecule has 0 spiro atoms. The number of aromatic amines is 1. The molecule has 20 heteroatoms. The molecule has 12 nitrogen and oxygen atoms in total. The van der Waals surface area contributed by atoms with Gasteiger partial charge in [-0.05, 0) is 31.2 Å². The predicted molar refractivity (Wildman–Crippen MR) is 192 cm³/mol. The number of nitrogen functional groups attached to an aromatic ring is 1. The summed E-state index contributed by atoms with van der Waals surface area (Å²) in [6.45, 7) is 3.92. The molecule has 3 aromatic heterocycles. The van der Waals surface area contributed by atoms with E-state index in [0.717, 1.165) is 23.5 Å². The Morgan fingerprint density at radius 3 is 1.69 bits per heavy atom. The highest BCUT2D eigenvalue weighted by Crippen LogP contribution is 2.39. The van der Waals surface area contributed by atoms with Crippen LogP contribution in [0, 0.1) is 6.92 Å². The van der Waals surface area contributed by atoms with Gasteiger partial charge in [0.1, 0.15) is 44.9 Å². The van der Waals surface area contributed by atoms with E-state index in [4.69, 9.17) is 20.9 Å². The molecule has 2 aromatic carbocycles. The standard InChI is InChI=1S/C18H17F3N4O2S.C16H17F3N4O2S/c1-10-22-15-14(16(26)23-10)28-17(24-15)25-8-6-11(7-9-25)27-13-5-3-2-4-12(13)18(19,20)21;17-16(18,19)10-3-1-2-4-11(10)25-9-5-7-23(8-6-9)15-22-13(20)12(26-15)14(21)24/h2-5,11H,6-9H2,1H3,(H,22,23,26);1-4,9H,5-8,20H2,(H2,21,24). The third-order valence-electron chi connectivity index (χ3n) is 8.64. The number of amides is 1. The minimum atomic E-state index is -4.46. The molecule has 5 aromatic rings. The Kier molecular flexibility index (Phi) is 11.2. The molecule has 2 saturated heterocycles. The van der Waals surface area contributed by atoms with E-state index in [0.29, 0.717) is 78.3 Å². The number of rotatable bonds is 7. The van der Waals surface area contributed by atoms with E-state index in [-0.39, 0.29) is 40.0 Å². The minimum absolute atomic E-state index is 0.0926. The molecule has 54 heavy (non-hydrogen) atoms. The highest BCUT2D eigenvalue weighted by molar-refractivity contribution is 7.22. The van der Waals surface area contributed by atoms with Crippen molar-refractivity contribution in [3.05, 3.63) is 80.7 Å². The molecule has 288 valence electrons. The van der Waals surface area contributed by atoms with E-state index in [1.807, 2.05) is 9.80 Å². The molecular weight excluding hydrogens is 763 g/mol. The first-order valence-electron chi connectivity index (χ1n) is 16.7. The second-order valence-electron chi connectivity index (χ2n) is 12.5. The zero-order chi connectivity index (χ0) is 38.8. The molecule has 1 amide bonds. The summed E-state index contributed by atoms with van der Waals surface area (Å²) in [5.41, 5.74) is 9.58. The predicted octanol–water partition coefficient (Wildman–Crippen LogP) is 6.65. The maximum absolute atomic E-state index is 13.1. The van der Waals surface area contributed by atoms with Gasteiger partial charge in [0.2, 0.25) is 0 Å². The molecule has 7 rings (SSSR count). The van der Waals surface area contributed by atoms with Crippen LogP contribution in [-0.2, 0) is 12.4 Å². The number of nitrogens with zero attached hydrogens (tertiary/aromatic N) is 5. The third kappa shape index (κ3) is 8.98. The van der Waals surface area contributed by atoms with Crippen LogP contribution in [0.5, 0.6) is 11.5 Å². The lowest BCUT2D eigenvalue weighted by Crippen LogP contribution is -2.38. The number of thiazole rings is 2. The number of H-pyrrole nitrogens is 1. The highest BCUT2D eigenvalue weighted by Gasteiger charge is 2.36. The number of para-hydroxylation sites is 2. The molecule has 5 N–H and O–H groups in total. The monoisotopic (exact) mass is 796 g/mol. The number of piperidine rings is 2. The topological polar surface area (TPSA) is 166 Å². The minimum Gasteiger partial charge on any atom is -0.490 e. The van der Waals surface area contributed by atoms with E-state index in [2.05, 4.69) is 19.9 Å². The number of hydrogen-bond donors (Lipinski definition) is 3. The largest absolute Gasteiger partial charge is 0.490 e. The fraction of sp³-hybridized carbons (Fsp3) is 0.382. The lowest BCUT2D eigenvalue weighted by atomic mass is 10.1. The van der Waals surface area contributed by atoms with E-state index >= 15 is 0 Å². The van der Waals surface area contributed by atoms with Crippen molar-refractivity contribution in [1.29, 1.82) is 0 Å². The number of aromatic nitrogens is 4. The van der Waals surface area contributed by atoms with Crippen LogP contribution in [0.2, 0.25) is 0 Å². The molecular formula is C34H34F6N8O4S2. The summed E-state index contributed by atoms with van der Waals surface area (Å²) in [5.74, 6) is -0.333. The lowest BCUT2D eigenvalue weighted by Gasteiger charge is -2.32. The van der Waals surface area contributed by atoms with E-state index in [9.17, 15) is 35.9 Å². The maximum atomic E-state index is 13.1. The number of fused-ring (bicyclic) bond motifs is 1. The number of anilines is 3. The molecule has 2 fully saturated rings. The van der Waals surface area contributed by atoms with Crippen LogP contribution in [0.25, 0.3) is 10.3 Å². The fourth-order valence-corrected chi connectivity index (χ4v) is 7.84. The number of primary amides is 1. The lowest BCUT2D eigenvalue weighted by molar-refractivity contribution is -0.140. The summed E-state index contributed by atoms with van der Waals surface area (Å²) < 4.78 is 90.2. The normalized spacial score (nSPS) is 15.9. The van der Waals surface area contributed by atoms with Crippen LogP contribution < -0.4 is 36.3 Å².